The Morgan fingerprint density at radius 2 is 2.17 bits per heavy atom. The van der Waals surface area contributed by atoms with Gasteiger partial charge in [0.25, 0.3) is 5.91 Å². The van der Waals surface area contributed by atoms with E-state index >= 15 is 0 Å². The van der Waals surface area contributed by atoms with Crippen molar-refractivity contribution in [2.75, 3.05) is 20.1 Å². The van der Waals surface area contributed by atoms with Crippen LogP contribution in [0.15, 0.2) is 36.5 Å². The van der Waals surface area contributed by atoms with Crippen LogP contribution in [0.5, 0.6) is 0 Å². The molecule has 1 saturated heterocycles. The van der Waals surface area contributed by atoms with Crippen molar-refractivity contribution in [1.82, 2.24) is 29.9 Å². The van der Waals surface area contributed by atoms with Crippen molar-refractivity contribution in [2.24, 2.45) is 7.05 Å². The van der Waals surface area contributed by atoms with Crippen LogP contribution in [-0.4, -0.2) is 62.7 Å². The number of carbonyl (C=O) groups excluding carboxylic acids is 2. The largest absolute Gasteiger partial charge is 0.357 e. The second-order valence-corrected chi connectivity index (χ2v) is 8.12. The number of rotatable bonds is 4. The van der Waals surface area contributed by atoms with E-state index in [1.165, 1.54) is 0 Å². The molecule has 0 unspecified atom stereocenters. The number of benzene rings is 1. The summed E-state index contributed by atoms with van der Waals surface area (Å²) in [5, 5.41) is 8.72. The van der Waals surface area contributed by atoms with Crippen molar-refractivity contribution in [1.29, 1.82) is 0 Å². The third-order valence-corrected chi connectivity index (χ3v) is 5.90. The first-order valence-corrected chi connectivity index (χ1v) is 10.4. The predicted molar refractivity (Wildman–Crippen MR) is 115 cm³/mol. The summed E-state index contributed by atoms with van der Waals surface area (Å²) in [5.74, 6) is -0.0507. The van der Waals surface area contributed by atoms with Crippen molar-refractivity contribution in [3.05, 3.63) is 52.9 Å². The van der Waals surface area contributed by atoms with E-state index in [1.807, 2.05) is 24.3 Å². The number of nitrogens with one attached hydrogen (secondary N) is 2. The molecule has 1 aliphatic rings. The number of fused-ring (bicyclic) bond motifs is 1. The lowest BCUT2D eigenvalue weighted by molar-refractivity contribution is 0.0625. The Labute approximate surface area is 179 Å². The number of aromatic amines is 1. The molecule has 4 rings (SSSR count). The van der Waals surface area contributed by atoms with E-state index in [1.54, 1.807) is 40.8 Å². The summed E-state index contributed by atoms with van der Waals surface area (Å²) in [6.07, 6.45) is 3.34. The second-order valence-electron chi connectivity index (χ2n) is 7.68. The van der Waals surface area contributed by atoms with Crippen LogP contribution in [0, 0.1) is 0 Å². The molecule has 3 aromatic rings. The standard InChI is InChI=1S/C21H25ClN6O2/c1-26(17-4-3-9-28(13-17)20(29)19-7-8-24-27(19)2)21(30)23-12-16-11-14-10-15(22)5-6-18(14)25-16/h5-8,10-11,17,25H,3-4,9,12-13H2,1-2H3,(H,23,30)/t17-/m1/s1. The van der Waals surface area contributed by atoms with Crippen LogP contribution >= 0.6 is 11.6 Å². The van der Waals surface area contributed by atoms with Gasteiger partial charge in [0, 0.05) is 55.0 Å². The minimum Gasteiger partial charge on any atom is -0.357 e. The van der Waals surface area contributed by atoms with E-state index in [-0.39, 0.29) is 18.0 Å². The minimum atomic E-state index is -0.161. The van der Waals surface area contributed by atoms with Crippen LogP contribution in [-0.2, 0) is 13.6 Å². The number of likely N-dealkylation sites (tertiary alicyclic amines) is 1. The van der Waals surface area contributed by atoms with E-state index in [4.69, 9.17) is 11.6 Å². The Kier molecular flexibility index (Phi) is 5.67. The molecule has 9 heteroatoms. The molecule has 1 aromatic carbocycles. The maximum Gasteiger partial charge on any atom is 0.317 e. The minimum absolute atomic E-state index is 0.0301. The normalized spacial score (nSPS) is 16.6. The zero-order chi connectivity index (χ0) is 21.3. The molecule has 0 aliphatic carbocycles. The summed E-state index contributed by atoms with van der Waals surface area (Å²) in [6.45, 7) is 1.59. The van der Waals surface area contributed by atoms with E-state index in [9.17, 15) is 9.59 Å². The SMILES string of the molecule is CN(C(=O)NCc1cc2cc(Cl)ccc2[nH]1)[C@@H]1CCCN(C(=O)c2ccnn2C)C1. The number of aromatic nitrogens is 3. The number of hydrogen-bond donors (Lipinski definition) is 2. The number of piperidine rings is 1. The molecule has 0 saturated carbocycles. The van der Waals surface area contributed by atoms with Crippen molar-refractivity contribution in [3.63, 3.8) is 0 Å². The van der Waals surface area contributed by atoms with Gasteiger partial charge in [-0.05, 0) is 43.2 Å². The average molecular weight is 429 g/mol. The molecule has 8 nitrogen and oxygen atoms in total. The second kappa shape index (κ2) is 8.39. The lowest BCUT2D eigenvalue weighted by Crippen LogP contribution is -2.52. The van der Waals surface area contributed by atoms with E-state index in [2.05, 4.69) is 15.4 Å². The van der Waals surface area contributed by atoms with Crippen LogP contribution < -0.4 is 5.32 Å². The highest BCUT2D eigenvalue weighted by Crippen LogP contribution is 2.20. The van der Waals surface area contributed by atoms with Gasteiger partial charge in [-0.25, -0.2) is 4.79 Å². The monoisotopic (exact) mass is 428 g/mol. The van der Waals surface area contributed by atoms with Gasteiger partial charge in [-0.15, -0.1) is 0 Å². The van der Waals surface area contributed by atoms with Crippen molar-refractivity contribution in [2.45, 2.75) is 25.4 Å². The summed E-state index contributed by atoms with van der Waals surface area (Å²) in [5.41, 5.74) is 2.45. The first-order chi connectivity index (χ1) is 14.4. The molecule has 1 fully saturated rings. The van der Waals surface area contributed by atoms with Crippen LogP contribution in [0.1, 0.15) is 29.0 Å². The van der Waals surface area contributed by atoms with Gasteiger partial charge in [0.05, 0.1) is 12.6 Å². The number of aryl methyl sites for hydroxylation is 1. The van der Waals surface area contributed by atoms with E-state index in [0.717, 1.165) is 29.4 Å². The maximum absolute atomic E-state index is 12.8. The molecule has 3 amide bonds. The summed E-state index contributed by atoms with van der Waals surface area (Å²) < 4.78 is 1.58. The Balaban J connectivity index is 1.35. The van der Waals surface area contributed by atoms with Gasteiger partial charge in [-0.1, -0.05) is 11.6 Å². The lowest BCUT2D eigenvalue weighted by Gasteiger charge is -2.37. The Bertz CT molecular complexity index is 1070. The van der Waals surface area contributed by atoms with Gasteiger partial charge < -0.3 is 20.1 Å². The van der Waals surface area contributed by atoms with Gasteiger partial charge in [-0.3, -0.25) is 9.48 Å². The average Bonchev–Trinajstić information content (AvgIpc) is 3.36. The topological polar surface area (TPSA) is 86.3 Å². The number of hydrogen-bond acceptors (Lipinski definition) is 3. The number of likely N-dealkylation sites (N-methyl/N-ethyl adjacent to an activating group) is 1. The number of H-pyrrole nitrogens is 1. The fourth-order valence-corrected chi connectivity index (χ4v) is 4.10. The van der Waals surface area contributed by atoms with Crippen molar-refractivity contribution < 1.29 is 9.59 Å². The Hall–Kier alpha value is -3.00. The Morgan fingerprint density at radius 3 is 2.93 bits per heavy atom. The van der Waals surface area contributed by atoms with Gasteiger partial charge in [0.1, 0.15) is 5.69 Å². The molecule has 3 heterocycles. The first-order valence-electron chi connectivity index (χ1n) is 9.97. The molecule has 158 valence electrons. The summed E-state index contributed by atoms with van der Waals surface area (Å²) in [7, 11) is 3.54. The van der Waals surface area contributed by atoms with E-state index < -0.39 is 0 Å². The lowest BCUT2D eigenvalue weighted by atomic mass is 10.0. The molecule has 2 aromatic heterocycles. The van der Waals surface area contributed by atoms with Crippen molar-refractivity contribution >= 4 is 34.4 Å². The highest BCUT2D eigenvalue weighted by atomic mass is 35.5. The fraction of sp³-hybridized carbons (Fsp3) is 0.381. The number of urea groups is 1. The molecule has 0 spiro atoms. The molecule has 0 radical (unpaired) electrons. The summed E-state index contributed by atoms with van der Waals surface area (Å²) >= 11 is 6.04. The molecule has 2 N–H and O–H groups in total. The maximum atomic E-state index is 12.8. The third-order valence-electron chi connectivity index (χ3n) is 5.66. The first kappa shape index (κ1) is 20.3. The molecule has 1 atom stereocenters. The van der Waals surface area contributed by atoms with Gasteiger partial charge >= 0.3 is 6.03 Å². The molecule has 1 aliphatic heterocycles. The highest BCUT2D eigenvalue weighted by molar-refractivity contribution is 6.31. The smallest absolute Gasteiger partial charge is 0.317 e. The predicted octanol–water partition coefficient (Wildman–Crippen LogP) is 3.00. The van der Waals surface area contributed by atoms with Gasteiger partial charge in [0.15, 0.2) is 0 Å². The Morgan fingerprint density at radius 1 is 1.33 bits per heavy atom. The number of carbonyl (C=O) groups is 2. The molecule has 30 heavy (non-hydrogen) atoms. The zero-order valence-electron chi connectivity index (χ0n) is 17.1. The number of amides is 3. The summed E-state index contributed by atoms with van der Waals surface area (Å²) in [4.78, 5) is 32.3. The summed E-state index contributed by atoms with van der Waals surface area (Å²) in [6, 6.07) is 9.15. The van der Waals surface area contributed by atoms with Crippen LogP contribution in [0.4, 0.5) is 4.79 Å². The van der Waals surface area contributed by atoms with Crippen molar-refractivity contribution in [3.8, 4) is 0 Å². The van der Waals surface area contributed by atoms with Gasteiger partial charge in [0.2, 0.25) is 0 Å². The zero-order valence-corrected chi connectivity index (χ0v) is 17.8. The third kappa shape index (κ3) is 4.14. The van der Waals surface area contributed by atoms with Gasteiger partial charge in [-0.2, -0.15) is 5.10 Å². The van der Waals surface area contributed by atoms with Crippen LogP contribution in [0.3, 0.4) is 0 Å². The molecular formula is C21H25ClN6O2. The molecular weight excluding hydrogens is 404 g/mol. The quantitative estimate of drug-likeness (QED) is 0.669. The highest BCUT2D eigenvalue weighted by Gasteiger charge is 2.29. The van der Waals surface area contributed by atoms with Crippen LogP contribution in [0.2, 0.25) is 5.02 Å². The number of halogens is 1. The fourth-order valence-electron chi connectivity index (χ4n) is 3.92. The van der Waals surface area contributed by atoms with E-state index in [0.29, 0.717) is 30.4 Å². The van der Waals surface area contributed by atoms with Crippen LogP contribution in [0.25, 0.3) is 10.9 Å². The molecule has 0 bridgehead atoms. The number of nitrogens with zero attached hydrogens (tertiary/aromatic N) is 4.